The van der Waals surface area contributed by atoms with Crippen LogP contribution < -0.4 is 10.2 Å². The van der Waals surface area contributed by atoms with Crippen molar-refractivity contribution in [1.82, 2.24) is 10.1 Å². The normalized spacial score (nSPS) is 11.0. The minimum Gasteiger partial charge on any atom is -0.360 e. The van der Waals surface area contributed by atoms with Gasteiger partial charge in [0.1, 0.15) is 12.3 Å². The maximum atomic E-state index is 13.2. The Morgan fingerprint density at radius 2 is 1.81 bits per heavy atom. The molecule has 0 saturated heterocycles. The molecule has 1 aromatic carbocycles. The van der Waals surface area contributed by atoms with Gasteiger partial charge in [-0.25, -0.2) is 0 Å². The van der Waals surface area contributed by atoms with Crippen molar-refractivity contribution < 1.29 is 19.0 Å². The van der Waals surface area contributed by atoms with Gasteiger partial charge in [0.25, 0.3) is 5.91 Å². The molecule has 0 spiro atoms. The summed E-state index contributed by atoms with van der Waals surface area (Å²) in [6.45, 7) is 11.5. The van der Waals surface area contributed by atoms with Gasteiger partial charge in [-0.05, 0) is 51.3 Å². The predicted molar refractivity (Wildman–Crippen MR) is 122 cm³/mol. The van der Waals surface area contributed by atoms with Crippen molar-refractivity contribution in [1.29, 1.82) is 0 Å². The molecule has 2 aromatic rings. The van der Waals surface area contributed by atoms with Gasteiger partial charge in [0, 0.05) is 11.6 Å². The molecule has 0 unspecified atom stereocenters. The lowest BCUT2D eigenvalue weighted by Gasteiger charge is -2.24. The summed E-state index contributed by atoms with van der Waals surface area (Å²) < 4.78 is 4.99. The van der Waals surface area contributed by atoms with Crippen molar-refractivity contribution in [3.05, 3.63) is 47.2 Å². The van der Waals surface area contributed by atoms with Crippen LogP contribution in [0.4, 0.5) is 5.82 Å². The Labute approximate surface area is 185 Å². The van der Waals surface area contributed by atoms with Gasteiger partial charge in [0.2, 0.25) is 5.91 Å². The number of nitrogens with one attached hydrogen (secondary N) is 2. The first kappa shape index (κ1) is 24.6. The minimum absolute atomic E-state index is 0.0241. The number of rotatable bonds is 13. The number of aryl methyl sites for hydroxylation is 2. The highest BCUT2D eigenvalue weighted by Gasteiger charge is 2.21. The Kier molecular flexibility index (Phi) is 10.2. The van der Waals surface area contributed by atoms with Crippen molar-refractivity contribution in [3.63, 3.8) is 0 Å². The van der Waals surface area contributed by atoms with Crippen molar-refractivity contribution in [2.45, 2.75) is 53.4 Å². The number of aromatic nitrogens is 1. The van der Waals surface area contributed by atoms with Crippen molar-refractivity contribution in [3.8, 4) is 0 Å². The standard InChI is InChI=1S/C24H36N4O3/c1-5-8-9-10-20-11-13-21(14-12-20)24(30)28(16-15-27(6-2)7-3)18-23(29)25-22-17-19(4)31-26-22/h11-14,17H,5-10,15-16,18H2,1-4H3,(H,25,26,29)/p+1. The predicted octanol–water partition coefficient (Wildman–Crippen LogP) is 2.72. The van der Waals surface area contributed by atoms with Gasteiger partial charge in [-0.1, -0.05) is 37.1 Å². The molecule has 0 aliphatic rings. The highest BCUT2D eigenvalue weighted by molar-refractivity contribution is 5.99. The number of benzene rings is 1. The van der Waals surface area contributed by atoms with Gasteiger partial charge < -0.3 is 19.6 Å². The highest BCUT2D eigenvalue weighted by atomic mass is 16.5. The molecule has 2 rings (SSSR count). The molecule has 7 heteroatoms. The van der Waals surface area contributed by atoms with Crippen molar-refractivity contribution in [2.24, 2.45) is 0 Å². The highest BCUT2D eigenvalue weighted by Crippen LogP contribution is 2.12. The average Bonchev–Trinajstić information content (AvgIpc) is 3.18. The van der Waals surface area contributed by atoms with Crippen molar-refractivity contribution in [2.75, 3.05) is 38.0 Å². The molecule has 0 bridgehead atoms. The lowest BCUT2D eigenvalue weighted by Crippen LogP contribution is -3.12. The number of quaternary nitrogens is 1. The summed E-state index contributed by atoms with van der Waals surface area (Å²) in [6, 6.07) is 9.45. The maximum absolute atomic E-state index is 13.2. The van der Waals surface area contributed by atoms with Crippen LogP contribution in [0.15, 0.2) is 34.9 Å². The third kappa shape index (κ3) is 8.17. The Hall–Kier alpha value is -2.67. The Balaban J connectivity index is 2.06. The molecule has 0 saturated carbocycles. The van der Waals surface area contributed by atoms with E-state index in [0.29, 0.717) is 23.7 Å². The van der Waals surface area contributed by atoms with Gasteiger partial charge in [-0.2, -0.15) is 0 Å². The van der Waals surface area contributed by atoms with E-state index >= 15 is 0 Å². The number of anilines is 1. The summed E-state index contributed by atoms with van der Waals surface area (Å²) in [5.74, 6) is 0.568. The van der Waals surface area contributed by atoms with E-state index in [1.807, 2.05) is 24.3 Å². The minimum atomic E-state index is -0.285. The molecule has 0 radical (unpaired) electrons. The molecule has 170 valence electrons. The Morgan fingerprint density at radius 3 is 2.39 bits per heavy atom. The number of carbonyl (C=O) groups is 2. The number of hydrogen-bond donors (Lipinski definition) is 2. The topological polar surface area (TPSA) is 79.9 Å². The molecule has 0 aliphatic heterocycles. The molecule has 31 heavy (non-hydrogen) atoms. The molecular weight excluding hydrogens is 392 g/mol. The molecule has 7 nitrogen and oxygen atoms in total. The molecule has 2 N–H and O–H groups in total. The number of amides is 2. The van der Waals surface area contributed by atoms with Crippen molar-refractivity contribution >= 4 is 17.6 Å². The fourth-order valence-corrected chi connectivity index (χ4v) is 3.51. The van der Waals surface area contributed by atoms with E-state index in [-0.39, 0.29) is 18.4 Å². The van der Waals surface area contributed by atoms with Crippen LogP contribution >= 0.6 is 0 Å². The second-order valence-electron chi connectivity index (χ2n) is 7.96. The van der Waals surface area contributed by atoms with Crippen LogP contribution in [0.1, 0.15) is 61.7 Å². The number of hydrogen-bond acceptors (Lipinski definition) is 4. The fraction of sp³-hybridized carbons (Fsp3) is 0.542. The molecular formula is C24H37N4O3+. The van der Waals surface area contributed by atoms with Gasteiger partial charge in [-0.3, -0.25) is 9.59 Å². The molecule has 1 heterocycles. The second kappa shape index (κ2) is 12.9. The smallest absolute Gasteiger partial charge is 0.254 e. The van der Waals surface area contributed by atoms with Crippen LogP contribution in [0, 0.1) is 6.92 Å². The van der Waals surface area contributed by atoms with E-state index < -0.39 is 0 Å². The zero-order valence-corrected chi connectivity index (χ0v) is 19.4. The van der Waals surface area contributed by atoms with E-state index in [0.717, 1.165) is 32.5 Å². The third-order valence-electron chi connectivity index (χ3n) is 5.52. The van der Waals surface area contributed by atoms with Crippen LogP contribution in [0.5, 0.6) is 0 Å². The SMILES string of the molecule is CCCCCc1ccc(C(=O)N(CC[NH+](CC)CC)CC(=O)Nc2cc(C)on2)cc1. The molecule has 0 fully saturated rings. The Bertz CT molecular complexity index is 812. The first-order valence-electron chi connectivity index (χ1n) is 11.4. The monoisotopic (exact) mass is 429 g/mol. The molecule has 0 atom stereocenters. The van der Waals surface area contributed by atoms with Crippen LogP contribution in [0.25, 0.3) is 0 Å². The van der Waals surface area contributed by atoms with E-state index in [9.17, 15) is 9.59 Å². The van der Waals surface area contributed by atoms with Gasteiger partial charge in [-0.15, -0.1) is 0 Å². The summed E-state index contributed by atoms with van der Waals surface area (Å²) in [5, 5.41) is 6.50. The quantitative estimate of drug-likeness (QED) is 0.480. The first-order chi connectivity index (χ1) is 15.0. The zero-order chi connectivity index (χ0) is 22.6. The number of carbonyl (C=O) groups excluding carboxylic acids is 2. The number of nitrogens with zero attached hydrogens (tertiary/aromatic N) is 2. The van der Waals surface area contributed by atoms with E-state index in [1.165, 1.54) is 23.3 Å². The number of likely N-dealkylation sites (N-methyl/N-ethyl adjacent to an activating group) is 1. The molecule has 1 aromatic heterocycles. The zero-order valence-electron chi connectivity index (χ0n) is 19.4. The van der Waals surface area contributed by atoms with Crippen LogP contribution in [0.3, 0.4) is 0 Å². The summed E-state index contributed by atoms with van der Waals surface area (Å²) in [6.07, 6.45) is 4.58. The largest absolute Gasteiger partial charge is 0.360 e. The number of unbranched alkanes of at least 4 members (excludes halogenated alkanes) is 2. The molecule has 0 aliphatic carbocycles. The van der Waals surface area contributed by atoms with Gasteiger partial charge >= 0.3 is 0 Å². The third-order valence-corrected chi connectivity index (χ3v) is 5.52. The first-order valence-corrected chi connectivity index (χ1v) is 11.4. The maximum Gasteiger partial charge on any atom is 0.254 e. The summed E-state index contributed by atoms with van der Waals surface area (Å²) in [4.78, 5) is 28.8. The molecule has 2 amide bonds. The fourth-order valence-electron chi connectivity index (χ4n) is 3.51. The van der Waals surface area contributed by atoms with Crippen LogP contribution in [-0.4, -0.2) is 54.6 Å². The Morgan fingerprint density at radius 1 is 1.10 bits per heavy atom. The van der Waals surface area contributed by atoms with Gasteiger partial charge in [0.05, 0.1) is 26.2 Å². The van der Waals surface area contributed by atoms with Crippen LogP contribution in [-0.2, 0) is 11.2 Å². The van der Waals surface area contributed by atoms with E-state index in [1.54, 1.807) is 17.9 Å². The summed E-state index contributed by atoms with van der Waals surface area (Å²) in [5.41, 5.74) is 1.85. The lowest BCUT2D eigenvalue weighted by atomic mass is 10.0. The summed E-state index contributed by atoms with van der Waals surface area (Å²) in [7, 11) is 0. The summed E-state index contributed by atoms with van der Waals surface area (Å²) >= 11 is 0. The van der Waals surface area contributed by atoms with Crippen LogP contribution in [0.2, 0.25) is 0 Å². The van der Waals surface area contributed by atoms with E-state index in [4.69, 9.17) is 4.52 Å². The average molecular weight is 430 g/mol. The lowest BCUT2D eigenvalue weighted by molar-refractivity contribution is -0.895. The van der Waals surface area contributed by atoms with E-state index in [2.05, 4.69) is 31.2 Å². The van der Waals surface area contributed by atoms with Gasteiger partial charge in [0.15, 0.2) is 5.82 Å². The second-order valence-corrected chi connectivity index (χ2v) is 7.96.